The minimum absolute atomic E-state index is 0.0775. The number of aliphatic hydroxyl groups is 1. The molecule has 0 aliphatic heterocycles. The highest BCUT2D eigenvalue weighted by atomic mass is 16.3. The molecule has 1 rings (SSSR count). The van der Waals surface area contributed by atoms with Crippen molar-refractivity contribution in [2.24, 2.45) is 5.73 Å². The van der Waals surface area contributed by atoms with Gasteiger partial charge in [0.2, 0.25) is 0 Å². The molecule has 3 heteroatoms. The Bertz CT molecular complexity index is 286. The summed E-state index contributed by atoms with van der Waals surface area (Å²) >= 11 is 0. The van der Waals surface area contributed by atoms with Gasteiger partial charge in [-0.2, -0.15) is 5.26 Å². The SMILES string of the molecule is N#Cc1ccc(C(N)CO)cc1. The first kappa shape index (κ1) is 8.72. The van der Waals surface area contributed by atoms with E-state index in [0.29, 0.717) is 5.56 Å². The summed E-state index contributed by atoms with van der Waals surface area (Å²) in [6.45, 7) is -0.0775. The molecule has 3 N–H and O–H groups in total. The van der Waals surface area contributed by atoms with Gasteiger partial charge in [-0.3, -0.25) is 0 Å². The van der Waals surface area contributed by atoms with Crippen LogP contribution in [0, 0.1) is 11.3 Å². The first-order valence-electron chi connectivity index (χ1n) is 3.64. The molecule has 12 heavy (non-hydrogen) atoms. The highest BCUT2D eigenvalue weighted by molar-refractivity contribution is 5.32. The van der Waals surface area contributed by atoms with Crippen LogP contribution in [-0.4, -0.2) is 11.7 Å². The summed E-state index contributed by atoms with van der Waals surface area (Å²) < 4.78 is 0. The number of nitrogens with two attached hydrogens (primary N) is 1. The smallest absolute Gasteiger partial charge is 0.0991 e. The molecule has 0 radical (unpaired) electrons. The fraction of sp³-hybridized carbons (Fsp3) is 0.222. The molecular weight excluding hydrogens is 152 g/mol. The maximum absolute atomic E-state index is 8.72. The van der Waals surface area contributed by atoms with Crippen LogP contribution in [0.2, 0.25) is 0 Å². The van der Waals surface area contributed by atoms with Crippen molar-refractivity contribution in [3.63, 3.8) is 0 Å². The van der Waals surface area contributed by atoms with Crippen molar-refractivity contribution in [1.82, 2.24) is 0 Å². The number of hydrogen-bond donors (Lipinski definition) is 2. The third-order valence-corrected chi connectivity index (χ3v) is 1.66. The molecule has 0 spiro atoms. The standard InChI is InChI=1S/C9H10N2O/c10-5-7-1-3-8(4-2-7)9(11)6-12/h1-4,9,12H,6,11H2. The van der Waals surface area contributed by atoms with Gasteiger partial charge in [-0.1, -0.05) is 12.1 Å². The Morgan fingerprint density at radius 1 is 1.42 bits per heavy atom. The van der Waals surface area contributed by atoms with E-state index in [9.17, 15) is 0 Å². The lowest BCUT2D eigenvalue weighted by molar-refractivity contribution is 0.268. The molecule has 0 heterocycles. The van der Waals surface area contributed by atoms with Gasteiger partial charge in [-0.25, -0.2) is 0 Å². The first-order valence-corrected chi connectivity index (χ1v) is 3.64. The van der Waals surface area contributed by atoms with Crippen LogP contribution in [0.5, 0.6) is 0 Å². The van der Waals surface area contributed by atoms with Crippen molar-refractivity contribution in [1.29, 1.82) is 5.26 Å². The molecule has 0 amide bonds. The topological polar surface area (TPSA) is 70.0 Å². The molecule has 1 aromatic rings. The normalized spacial score (nSPS) is 12.1. The molecule has 1 unspecified atom stereocenters. The van der Waals surface area contributed by atoms with Gasteiger partial charge in [0.15, 0.2) is 0 Å². The molecule has 0 aliphatic rings. The lowest BCUT2D eigenvalue weighted by atomic mass is 10.1. The van der Waals surface area contributed by atoms with Gasteiger partial charge >= 0.3 is 0 Å². The predicted octanol–water partition coefficient (Wildman–Crippen LogP) is 0.550. The van der Waals surface area contributed by atoms with E-state index in [0.717, 1.165) is 5.56 Å². The molecule has 0 aromatic heterocycles. The fourth-order valence-corrected chi connectivity index (χ4v) is 0.910. The molecule has 0 saturated heterocycles. The second-order valence-corrected chi connectivity index (χ2v) is 2.52. The van der Waals surface area contributed by atoms with Crippen molar-refractivity contribution in [2.45, 2.75) is 6.04 Å². The molecular formula is C9H10N2O. The molecule has 3 nitrogen and oxygen atoms in total. The van der Waals surface area contributed by atoms with Crippen molar-refractivity contribution in [3.05, 3.63) is 35.4 Å². The number of hydrogen-bond acceptors (Lipinski definition) is 3. The van der Waals surface area contributed by atoms with Crippen LogP contribution >= 0.6 is 0 Å². The van der Waals surface area contributed by atoms with Crippen LogP contribution in [0.3, 0.4) is 0 Å². The summed E-state index contributed by atoms with van der Waals surface area (Å²) in [6.07, 6.45) is 0. The number of nitrogens with zero attached hydrogens (tertiary/aromatic N) is 1. The summed E-state index contributed by atoms with van der Waals surface area (Å²) in [4.78, 5) is 0. The van der Waals surface area contributed by atoms with Crippen molar-refractivity contribution in [2.75, 3.05) is 6.61 Å². The second kappa shape index (κ2) is 3.86. The summed E-state index contributed by atoms with van der Waals surface area (Å²) in [5, 5.41) is 17.2. The number of benzene rings is 1. The van der Waals surface area contributed by atoms with Crippen molar-refractivity contribution in [3.8, 4) is 6.07 Å². The Morgan fingerprint density at radius 2 is 2.00 bits per heavy atom. The Balaban J connectivity index is 2.86. The summed E-state index contributed by atoms with van der Waals surface area (Å²) in [7, 11) is 0. The van der Waals surface area contributed by atoms with Crippen molar-refractivity contribution >= 4 is 0 Å². The predicted molar refractivity (Wildman–Crippen MR) is 45.2 cm³/mol. The summed E-state index contributed by atoms with van der Waals surface area (Å²) in [5.41, 5.74) is 7.00. The monoisotopic (exact) mass is 162 g/mol. The quantitative estimate of drug-likeness (QED) is 0.667. The Morgan fingerprint density at radius 3 is 2.42 bits per heavy atom. The third kappa shape index (κ3) is 1.82. The third-order valence-electron chi connectivity index (χ3n) is 1.66. The van der Waals surface area contributed by atoms with E-state index in [1.165, 1.54) is 0 Å². The Labute approximate surface area is 71.1 Å². The zero-order valence-electron chi connectivity index (χ0n) is 6.57. The highest BCUT2D eigenvalue weighted by Gasteiger charge is 2.02. The van der Waals surface area contributed by atoms with E-state index >= 15 is 0 Å². The minimum atomic E-state index is -0.349. The van der Waals surface area contributed by atoms with E-state index in [1.807, 2.05) is 6.07 Å². The molecule has 0 fully saturated rings. The lowest BCUT2D eigenvalue weighted by Crippen LogP contribution is -2.14. The van der Waals surface area contributed by atoms with E-state index in [2.05, 4.69) is 0 Å². The molecule has 1 atom stereocenters. The van der Waals surface area contributed by atoms with Gasteiger partial charge in [-0.15, -0.1) is 0 Å². The number of aliphatic hydroxyl groups excluding tert-OH is 1. The van der Waals surface area contributed by atoms with Crippen LogP contribution < -0.4 is 5.73 Å². The Kier molecular flexibility index (Phi) is 2.81. The van der Waals surface area contributed by atoms with Gasteiger partial charge in [-0.05, 0) is 17.7 Å². The van der Waals surface area contributed by atoms with Crippen LogP contribution in [-0.2, 0) is 0 Å². The maximum atomic E-state index is 8.72. The summed E-state index contributed by atoms with van der Waals surface area (Å²) in [5.74, 6) is 0. The average molecular weight is 162 g/mol. The van der Waals surface area contributed by atoms with Gasteiger partial charge in [0.1, 0.15) is 0 Å². The molecule has 0 bridgehead atoms. The maximum Gasteiger partial charge on any atom is 0.0991 e. The summed E-state index contributed by atoms with van der Waals surface area (Å²) in [6, 6.07) is 8.53. The zero-order chi connectivity index (χ0) is 8.97. The van der Waals surface area contributed by atoms with Crippen molar-refractivity contribution < 1.29 is 5.11 Å². The van der Waals surface area contributed by atoms with Gasteiger partial charge in [0.05, 0.1) is 24.3 Å². The van der Waals surface area contributed by atoms with Gasteiger partial charge in [0, 0.05) is 0 Å². The van der Waals surface area contributed by atoms with Gasteiger partial charge < -0.3 is 10.8 Å². The second-order valence-electron chi connectivity index (χ2n) is 2.52. The minimum Gasteiger partial charge on any atom is -0.394 e. The van der Waals surface area contributed by atoms with Crippen LogP contribution in [0.25, 0.3) is 0 Å². The van der Waals surface area contributed by atoms with E-state index in [-0.39, 0.29) is 12.6 Å². The molecule has 1 aromatic carbocycles. The average Bonchev–Trinajstić information content (AvgIpc) is 2.17. The van der Waals surface area contributed by atoms with Gasteiger partial charge in [0.25, 0.3) is 0 Å². The lowest BCUT2D eigenvalue weighted by Gasteiger charge is -2.07. The molecule has 0 aliphatic carbocycles. The highest BCUT2D eigenvalue weighted by Crippen LogP contribution is 2.10. The van der Waals surface area contributed by atoms with E-state index in [1.54, 1.807) is 24.3 Å². The van der Waals surface area contributed by atoms with Crippen LogP contribution in [0.4, 0.5) is 0 Å². The van der Waals surface area contributed by atoms with E-state index in [4.69, 9.17) is 16.1 Å². The largest absolute Gasteiger partial charge is 0.394 e. The molecule has 0 saturated carbocycles. The van der Waals surface area contributed by atoms with Crippen LogP contribution in [0.1, 0.15) is 17.2 Å². The zero-order valence-corrected chi connectivity index (χ0v) is 6.57. The first-order chi connectivity index (χ1) is 5.77. The number of nitriles is 1. The van der Waals surface area contributed by atoms with Crippen LogP contribution in [0.15, 0.2) is 24.3 Å². The molecule has 62 valence electrons. The fourth-order valence-electron chi connectivity index (χ4n) is 0.910. The Hall–Kier alpha value is -1.37. The van der Waals surface area contributed by atoms with E-state index < -0.39 is 0 Å². The number of rotatable bonds is 2.